The summed E-state index contributed by atoms with van der Waals surface area (Å²) in [5.74, 6) is 1.72. The minimum absolute atomic E-state index is 0.421. The highest BCUT2D eigenvalue weighted by molar-refractivity contribution is 5.62. The highest BCUT2D eigenvalue weighted by Gasteiger charge is 2.11. The molecule has 1 aromatic carbocycles. The summed E-state index contributed by atoms with van der Waals surface area (Å²) in [6, 6.07) is 13.1. The molecule has 0 aliphatic heterocycles. The van der Waals surface area contributed by atoms with E-state index in [9.17, 15) is 0 Å². The van der Waals surface area contributed by atoms with Crippen LogP contribution in [0.25, 0.3) is 34.2 Å². The van der Waals surface area contributed by atoms with E-state index >= 15 is 0 Å². The third kappa shape index (κ3) is 2.63. The van der Waals surface area contributed by atoms with Crippen molar-refractivity contribution in [3.8, 4) is 40.0 Å². The smallest absolute Gasteiger partial charge is 0.259 e. The first-order valence-electron chi connectivity index (χ1n) is 7.28. The average Bonchev–Trinajstić information content (AvgIpc) is 3.34. The number of aromatic nitrogens is 5. The van der Waals surface area contributed by atoms with Gasteiger partial charge in [0, 0.05) is 18.0 Å². The summed E-state index contributed by atoms with van der Waals surface area (Å²) in [5, 5.41) is 10.8. The number of pyridine rings is 1. The minimum atomic E-state index is 0.421. The molecule has 0 saturated carbocycles. The number of nitrogens with zero attached hydrogens (tertiary/aromatic N) is 4. The summed E-state index contributed by atoms with van der Waals surface area (Å²) in [7, 11) is 1.63. The van der Waals surface area contributed by atoms with Crippen LogP contribution >= 0.6 is 0 Å². The second-order valence-electron chi connectivity index (χ2n) is 5.05. The van der Waals surface area contributed by atoms with Gasteiger partial charge in [-0.1, -0.05) is 5.16 Å². The molecule has 3 heterocycles. The van der Waals surface area contributed by atoms with E-state index in [0.717, 1.165) is 28.3 Å². The fourth-order valence-electron chi connectivity index (χ4n) is 2.28. The first-order valence-corrected chi connectivity index (χ1v) is 7.28. The van der Waals surface area contributed by atoms with Crippen LogP contribution in [0.2, 0.25) is 0 Å². The Morgan fingerprint density at radius 2 is 1.83 bits per heavy atom. The summed E-state index contributed by atoms with van der Waals surface area (Å²) in [6.07, 6.45) is 3.38. The van der Waals surface area contributed by atoms with E-state index in [1.807, 2.05) is 42.5 Å². The van der Waals surface area contributed by atoms with E-state index < -0.39 is 0 Å². The minimum Gasteiger partial charge on any atom is -0.497 e. The van der Waals surface area contributed by atoms with E-state index in [2.05, 4.69) is 25.3 Å². The van der Waals surface area contributed by atoms with Crippen molar-refractivity contribution in [2.24, 2.45) is 0 Å². The van der Waals surface area contributed by atoms with Gasteiger partial charge in [-0.25, -0.2) is 0 Å². The molecule has 0 fully saturated rings. The fraction of sp³-hybridized carbons (Fsp3) is 0.0588. The quantitative estimate of drug-likeness (QED) is 0.621. The summed E-state index contributed by atoms with van der Waals surface area (Å²) >= 11 is 0. The summed E-state index contributed by atoms with van der Waals surface area (Å²) in [6.45, 7) is 0. The largest absolute Gasteiger partial charge is 0.497 e. The van der Waals surface area contributed by atoms with Crippen molar-refractivity contribution in [1.29, 1.82) is 0 Å². The van der Waals surface area contributed by atoms with Crippen LogP contribution < -0.4 is 4.74 Å². The molecule has 0 radical (unpaired) electrons. The molecule has 0 spiro atoms. The van der Waals surface area contributed by atoms with Crippen LogP contribution in [0, 0.1) is 0 Å². The number of H-pyrrole nitrogens is 1. The van der Waals surface area contributed by atoms with Crippen LogP contribution in [0.4, 0.5) is 0 Å². The highest BCUT2D eigenvalue weighted by Crippen LogP contribution is 2.24. The van der Waals surface area contributed by atoms with E-state index in [1.54, 1.807) is 19.5 Å². The summed E-state index contributed by atoms with van der Waals surface area (Å²) in [4.78, 5) is 8.81. The number of ether oxygens (including phenoxy) is 1. The van der Waals surface area contributed by atoms with Gasteiger partial charge in [0.05, 0.1) is 24.1 Å². The predicted octanol–water partition coefficient (Wildman–Crippen LogP) is 3.20. The van der Waals surface area contributed by atoms with Gasteiger partial charge in [0.1, 0.15) is 5.75 Å². The van der Waals surface area contributed by atoms with Gasteiger partial charge in [0.15, 0.2) is 0 Å². The van der Waals surface area contributed by atoms with Gasteiger partial charge < -0.3 is 9.26 Å². The Bertz CT molecular complexity index is 928. The Morgan fingerprint density at radius 3 is 2.50 bits per heavy atom. The first-order chi connectivity index (χ1) is 11.8. The third-order valence-corrected chi connectivity index (χ3v) is 3.56. The lowest BCUT2D eigenvalue weighted by Crippen LogP contribution is -1.86. The third-order valence-electron chi connectivity index (χ3n) is 3.56. The zero-order valence-electron chi connectivity index (χ0n) is 12.8. The number of methoxy groups -OCH3 is 1. The molecule has 4 aromatic rings. The van der Waals surface area contributed by atoms with Gasteiger partial charge in [-0.15, -0.1) is 0 Å². The van der Waals surface area contributed by atoms with Crippen molar-refractivity contribution < 1.29 is 9.26 Å². The number of benzene rings is 1. The normalized spacial score (nSPS) is 10.7. The Balaban J connectivity index is 1.60. The van der Waals surface area contributed by atoms with Crippen molar-refractivity contribution in [2.75, 3.05) is 7.11 Å². The SMILES string of the molecule is COc1ccc(-c2noc(-c3ccc(-c4ccn[nH]4)nc3)n2)cc1. The zero-order chi connectivity index (χ0) is 16.4. The van der Waals surface area contributed by atoms with Crippen LogP contribution in [0.1, 0.15) is 0 Å². The van der Waals surface area contributed by atoms with Gasteiger partial charge in [-0.05, 0) is 42.5 Å². The summed E-state index contributed by atoms with van der Waals surface area (Å²) in [5.41, 5.74) is 3.26. The molecular formula is C17H13N5O2. The number of nitrogens with one attached hydrogen (secondary N) is 1. The molecular weight excluding hydrogens is 306 g/mol. The maximum absolute atomic E-state index is 5.34. The average molecular weight is 319 g/mol. The molecule has 0 unspecified atom stereocenters. The number of hydrogen-bond donors (Lipinski definition) is 1. The van der Waals surface area contributed by atoms with Crippen molar-refractivity contribution in [2.45, 2.75) is 0 Å². The first kappa shape index (κ1) is 14.1. The van der Waals surface area contributed by atoms with Crippen LogP contribution in [-0.4, -0.2) is 32.4 Å². The predicted molar refractivity (Wildman–Crippen MR) is 87.1 cm³/mol. The molecule has 24 heavy (non-hydrogen) atoms. The molecule has 0 amide bonds. The van der Waals surface area contributed by atoms with Crippen molar-refractivity contribution >= 4 is 0 Å². The van der Waals surface area contributed by atoms with Crippen LogP contribution in [-0.2, 0) is 0 Å². The second-order valence-corrected chi connectivity index (χ2v) is 5.05. The van der Waals surface area contributed by atoms with Crippen LogP contribution in [0.15, 0.2) is 59.4 Å². The fourth-order valence-corrected chi connectivity index (χ4v) is 2.28. The second kappa shape index (κ2) is 5.96. The van der Waals surface area contributed by atoms with Gasteiger partial charge in [0.2, 0.25) is 5.82 Å². The Morgan fingerprint density at radius 1 is 1.00 bits per heavy atom. The Labute approximate surface area is 137 Å². The molecule has 118 valence electrons. The standard InChI is InChI=1S/C17H13N5O2/c1-23-13-5-2-11(3-6-13)16-20-17(24-22-16)12-4-7-14(18-10-12)15-8-9-19-21-15/h2-10H,1H3,(H,19,21). The zero-order valence-corrected chi connectivity index (χ0v) is 12.8. The molecule has 1 N–H and O–H groups in total. The van der Waals surface area contributed by atoms with Crippen molar-refractivity contribution in [1.82, 2.24) is 25.3 Å². The Kier molecular flexibility index (Phi) is 3.51. The number of hydrogen-bond acceptors (Lipinski definition) is 6. The summed E-state index contributed by atoms with van der Waals surface area (Å²) < 4.78 is 10.5. The lowest BCUT2D eigenvalue weighted by Gasteiger charge is -1.99. The van der Waals surface area contributed by atoms with Crippen LogP contribution in [0.5, 0.6) is 5.75 Å². The van der Waals surface area contributed by atoms with E-state index in [-0.39, 0.29) is 0 Å². The van der Waals surface area contributed by atoms with Gasteiger partial charge in [0.25, 0.3) is 5.89 Å². The maximum atomic E-state index is 5.34. The molecule has 4 rings (SSSR count). The Hall–Kier alpha value is -3.48. The van der Waals surface area contributed by atoms with E-state index in [0.29, 0.717) is 11.7 Å². The van der Waals surface area contributed by atoms with Gasteiger partial charge >= 0.3 is 0 Å². The van der Waals surface area contributed by atoms with Crippen molar-refractivity contribution in [3.05, 3.63) is 54.9 Å². The van der Waals surface area contributed by atoms with E-state index in [1.165, 1.54) is 0 Å². The monoisotopic (exact) mass is 319 g/mol. The molecule has 0 aliphatic rings. The lowest BCUT2D eigenvalue weighted by atomic mass is 10.2. The highest BCUT2D eigenvalue weighted by atomic mass is 16.5. The molecule has 3 aromatic heterocycles. The number of aromatic amines is 1. The molecule has 0 saturated heterocycles. The molecule has 0 atom stereocenters. The molecule has 0 aliphatic carbocycles. The lowest BCUT2D eigenvalue weighted by molar-refractivity contribution is 0.415. The molecule has 0 bridgehead atoms. The van der Waals surface area contributed by atoms with Gasteiger partial charge in [-0.3, -0.25) is 10.1 Å². The maximum Gasteiger partial charge on any atom is 0.259 e. The molecule has 7 heteroatoms. The number of rotatable bonds is 4. The van der Waals surface area contributed by atoms with Crippen molar-refractivity contribution in [3.63, 3.8) is 0 Å². The van der Waals surface area contributed by atoms with Crippen LogP contribution in [0.3, 0.4) is 0 Å². The topological polar surface area (TPSA) is 89.7 Å². The van der Waals surface area contributed by atoms with Gasteiger partial charge in [-0.2, -0.15) is 10.1 Å². The van der Waals surface area contributed by atoms with E-state index in [4.69, 9.17) is 9.26 Å². The molecule has 7 nitrogen and oxygen atoms in total.